The minimum atomic E-state index is -0.831. The average Bonchev–Trinajstić information content (AvgIpc) is 2.31. The summed E-state index contributed by atoms with van der Waals surface area (Å²) in [6, 6.07) is 9.06. The number of carbonyl (C=O) groups is 1. The number of hydrogen-bond donors (Lipinski definition) is 2. The smallest absolute Gasteiger partial charge is 0.307 e. The van der Waals surface area contributed by atoms with Crippen molar-refractivity contribution in [2.24, 2.45) is 0 Å². The Bertz CT molecular complexity index is 552. The Kier molecular flexibility index (Phi) is 3.52. The van der Waals surface area contributed by atoms with Gasteiger partial charge in [-0.2, -0.15) is 0 Å². The zero-order valence-electron chi connectivity index (χ0n) is 9.92. The van der Waals surface area contributed by atoms with Crippen LogP contribution in [-0.2, 0) is 11.2 Å². The van der Waals surface area contributed by atoms with Crippen molar-refractivity contribution in [3.05, 3.63) is 47.9 Å². The van der Waals surface area contributed by atoms with E-state index in [0.29, 0.717) is 5.82 Å². The van der Waals surface area contributed by atoms with Gasteiger partial charge in [-0.05, 0) is 24.6 Å². The molecule has 0 aliphatic rings. The van der Waals surface area contributed by atoms with Crippen molar-refractivity contribution >= 4 is 17.5 Å². The van der Waals surface area contributed by atoms with Crippen molar-refractivity contribution in [2.75, 3.05) is 5.32 Å². The summed E-state index contributed by atoms with van der Waals surface area (Å²) >= 11 is 0. The van der Waals surface area contributed by atoms with Gasteiger partial charge in [0, 0.05) is 17.4 Å². The van der Waals surface area contributed by atoms with E-state index in [4.69, 9.17) is 5.11 Å². The predicted molar refractivity (Wildman–Crippen MR) is 67.8 cm³/mol. The molecule has 0 radical (unpaired) electrons. The van der Waals surface area contributed by atoms with Crippen molar-refractivity contribution in [3.8, 4) is 0 Å². The van der Waals surface area contributed by atoms with Crippen LogP contribution in [0.1, 0.15) is 11.3 Å². The molecule has 5 nitrogen and oxygen atoms in total. The van der Waals surface area contributed by atoms with Gasteiger partial charge >= 0.3 is 5.97 Å². The summed E-state index contributed by atoms with van der Waals surface area (Å²) in [6.45, 7) is 1.89. The number of aromatic nitrogens is 2. The number of aryl methyl sites for hydroxylation is 1. The van der Waals surface area contributed by atoms with Gasteiger partial charge in [-0.3, -0.25) is 4.79 Å². The number of nitrogens with zero attached hydrogens (tertiary/aromatic N) is 2. The standard InChI is InChI=1S/C13H13N3O2/c1-9-6-12(15-8-14-9)16-11-4-2-10(3-5-11)7-13(17)18/h2-6,8H,7H2,1H3,(H,17,18)(H,14,15,16). The highest BCUT2D eigenvalue weighted by Crippen LogP contribution is 2.15. The number of benzene rings is 1. The Hall–Kier alpha value is -2.43. The van der Waals surface area contributed by atoms with Gasteiger partial charge in [0.05, 0.1) is 6.42 Å². The molecule has 0 fully saturated rings. The summed E-state index contributed by atoms with van der Waals surface area (Å²) < 4.78 is 0. The van der Waals surface area contributed by atoms with Crippen LogP contribution in [0.25, 0.3) is 0 Å². The van der Waals surface area contributed by atoms with Crippen LogP contribution in [0.15, 0.2) is 36.7 Å². The maximum atomic E-state index is 10.5. The molecule has 2 rings (SSSR count). The van der Waals surface area contributed by atoms with E-state index in [9.17, 15) is 4.79 Å². The number of nitrogens with one attached hydrogen (secondary N) is 1. The van der Waals surface area contributed by atoms with Crippen LogP contribution in [0.4, 0.5) is 11.5 Å². The lowest BCUT2D eigenvalue weighted by atomic mass is 10.1. The minimum absolute atomic E-state index is 0.0346. The maximum Gasteiger partial charge on any atom is 0.307 e. The number of carboxylic acid groups (broad SMARTS) is 1. The highest BCUT2D eigenvalue weighted by molar-refractivity contribution is 5.70. The molecule has 0 spiro atoms. The average molecular weight is 243 g/mol. The van der Waals surface area contributed by atoms with Crippen molar-refractivity contribution in [3.63, 3.8) is 0 Å². The summed E-state index contributed by atoms with van der Waals surface area (Å²) in [6.07, 6.45) is 1.53. The molecular weight excluding hydrogens is 230 g/mol. The quantitative estimate of drug-likeness (QED) is 0.860. The van der Waals surface area contributed by atoms with Gasteiger partial charge in [-0.15, -0.1) is 0 Å². The number of rotatable bonds is 4. The topological polar surface area (TPSA) is 75.1 Å². The lowest BCUT2D eigenvalue weighted by Crippen LogP contribution is -2.00. The van der Waals surface area contributed by atoms with Crippen molar-refractivity contribution in [1.29, 1.82) is 0 Å². The van der Waals surface area contributed by atoms with Crippen LogP contribution in [0.2, 0.25) is 0 Å². The predicted octanol–water partition coefficient (Wildman–Crippen LogP) is 2.16. The van der Waals surface area contributed by atoms with E-state index in [0.717, 1.165) is 16.9 Å². The molecule has 0 saturated heterocycles. The number of carboxylic acids is 1. The summed E-state index contributed by atoms with van der Waals surface area (Å²) in [5.74, 6) is -0.115. The molecule has 0 aliphatic heterocycles. The third-order valence-electron chi connectivity index (χ3n) is 2.39. The second-order valence-corrected chi connectivity index (χ2v) is 3.94. The number of hydrogen-bond acceptors (Lipinski definition) is 4. The Balaban J connectivity index is 2.08. The molecule has 1 aromatic carbocycles. The zero-order chi connectivity index (χ0) is 13.0. The molecule has 1 heterocycles. The normalized spacial score (nSPS) is 10.1. The minimum Gasteiger partial charge on any atom is -0.481 e. The van der Waals surface area contributed by atoms with E-state index in [2.05, 4.69) is 15.3 Å². The van der Waals surface area contributed by atoms with Gasteiger partial charge in [0.15, 0.2) is 0 Å². The summed E-state index contributed by atoms with van der Waals surface area (Å²) in [4.78, 5) is 18.7. The molecule has 0 aliphatic carbocycles. The van der Waals surface area contributed by atoms with Gasteiger partial charge < -0.3 is 10.4 Å². The third kappa shape index (κ3) is 3.28. The highest BCUT2D eigenvalue weighted by Gasteiger charge is 2.01. The van der Waals surface area contributed by atoms with Crippen molar-refractivity contribution in [2.45, 2.75) is 13.3 Å². The van der Waals surface area contributed by atoms with Crippen LogP contribution < -0.4 is 5.32 Å². The van der Waals surface area contributed by atoms with Gasteiger partial charge in [0.25, 0.3) is 0 Å². The molecule has 2 aromatic rings. The fourth-order valence-electron chi connectivity index (χ4n) is 1.55. The molecule has 0 unspecified atom stereocenters. The van der Waals surface area contributed by atoms with Crippen LogP contribution in [0.3, 0.4) is 0 Å². The van der Waals surface area contributed by atoms with Gasteiger partial charge in [0.2, 0.25) is 0 Å². The lowest BCUT2D eigenvalue weighted by molar-refractivity contribution is -0.136. The fourth-order valence-corrected chi connectivity index (χ4v) is 1.55. The Morgan fingerprint density at radius 3 is 2.61 bits per heavy atom. The number of anilines is 2. The van der Waals surface area contributed by atoms with E-state index < -0.39 is 5.97 Å². The Morgan fingerprint density at radius 1 is 1.28 bits per heavy atom. The monoisotopic (exact) mass is 243 g/mol. The van der Waals surface area contributed by atoms with Gasteiger partial charge in [-0.25, -0.2) is 9.97 Å². The Labute approximate surface area is 105 Å². The number of aliphatic carboxylic acids is 1. The van der Waals surface area contributed by atoms with E-state index in [-0.39, 0.29) is 6.42 Å². The summed E-state index contributed by atoms with van der Waals surface area (Å²) in [5.41, 5.74) is 2.52. The molecule has 2 N–H and O–H groups in total. The molecule has 0 bridgehead atoms. The molecule has 0 saturated carbocycles. The summed E-state index contributed by atoms with van der Waals surface area (Å²) in [5, 5.41) is 11.8. The van der Waals surface area contributed by atoms with Gasteiger partial charge in [0.1, 0.15) is 12.1 Å². The largest absolute Gasteiger partial charge is 0.481 e. The maximum absolute atomic E-state index is 10.5. The molecule has 92 valence electrons. The second kappa shape index (κ2) is 5.27. The highest BCUT2D eigenvalue weighted by atomic mass is 16.4. The van der Waals surface area contributed by atoms with Crippen LogP contribution in [-0.4, -0.2) is 21.0 Å². The molecular formula is C13H13N3O2. The van der Waals surface area contributed by atoms with Crippen LogP contribution >= 0.6 is 0 Å². The second-order valence-electron chi connectivity index (χ2n) is 3.94. The molecule has 18 heavy (non-hydrogen) atoms. The fraction of sp³-hybridized carbons (Fsp3) is 0.154. The van der Waals surface area contributed by atoms with Crippen LogP contribution in [0, 0.1) is 6.92 Å². The molecule has 1 aromatic heterocycles. The van der Waals surface area contributed by atoms with Gasteiger partial charge in [-0.1, -0.05) is 12.1 Å². The van der Waals surface area contributed by atoms with E-state index >= 15 is 0 Å². The molecule has 5 heteroatoms. The molecule has 0 atom stereocenters. The van der Waals surface area contributed by atoms with E-state index in [1.54, 1.807) is 12.1 Å². The van der Waals surface area contributed by atoms with Crippen LogP contribution in [0.5, 0.6) is 0 Å². The lowest BCUT2D eigenvalue weighted by Gasteiger charge is -2.06. The summed E-state index contributed by atoms with van der Waals surface area (Å²) in [7, 11) is 0. The first-order valence-electron chi connectivity index (χ1n) is 5.50. The van der Waals surface area contributed by atoms with E-state index in [1.165, 1.54) is 6.33 Å². The Morgan fingerprint density at radius 2 is 2.00 bits per heavy atom. The zero-order valence-corrected chi connectivity index (χ0v) is 9.92. The third-order valence-corrected chi connectivity index (χ3v) is 2.39. The van der Waals surface area contributed by atoms with Crippen molar-refractivity contribution in [1.82, 2.24) is 9.97 Å². The SMILES string of the molecule is Cc1cc(Nc2ccc(CC(=O)O)cc2)ncn1. The first-order valence-corrected chi connectivity index (χ1v) is 5.50. The first kappa shape index (κ1) is 12.0. The van der Waals surface area contributed by atoms with Crippen molar-refractivity contribution < 1.29 is 9.90 Å². The first-order chi connectivity index (χ1) is 8.63. The van der Waals surface area contributed by atoms with E-state index in [1.807, 2.05) is 25.1 Å². The molecule has 0 amide bonds.